The number of hydrogen-bond acceptors (Lipinski definition) is 3. The summed E-state index contributed by atoms with van der Waals surface area (Å²) in [6, 6.07) is 0.416. The second kappa shape index (κ2) is 7.28. The fraction of sp³-hybridized carbons (Fsp3) is 0.765. The molecule has 1 saturated heterocycles. The summed E-state index contributed by atoms with van der Waals surface area (Å²) >= 11 is 0. The fourth-order valence-electron chi connectivity index (χ4n) is 3.34. The average molecular weight is 279 g/mol. The Labute approximate surface area is 123 Å². The Morgan fingerprint density at radius 3 is 2.60 bits per heavy atom. The van der Waals surface area contributed by atoms with Gasteiger partial charge in [0.1, 0.15) is 11.5 Å². The van der Waals surface area contributed by atoms with Gasteiger partial charge in [0, 0.05) is 18.2 Å². The van der Waals surface area contributed by atoms with Crippen LogP contribution in [0.4, 0.5) is 0 Å². The number of rotatable bonds is 7. The molecule has 20 heavy (non-hydrogen) atoms. The smallest absolute Gasteiger partial charge is 0.106 e. The Hall–Kier alpha value is -0.800. The van der Waals surface area contributed by atoms with E-state index in [0.717, 1.165) is 31.1 Å². The molecule has 0 spiro atoms. The van der Waals surface area contributed by atoms with Crippen molar-refractivity contribution in [2.24, 2.45) is 0 Å². The molecule has 2 heterocycles. The van der Waals surface area contributed by atoms with Gasteiger partial charge in [0.05, 0.1) is 6.10 Å². The highest BCUT2D eigenvalue weighted by Gasteiger charge is 2.21. The molecular formula is C17H29NO2. The van der Waals surface area contributed by atoms with Crippen molar-refractivity contribution in [2.45, 2.75) is 71.9 Å². The number of hydrogen-bond donors (Lipinski definition) is 1. The summed E-state index contributed by atoms with van der Waals surface area (Å²) in [5.41, 5.74) is 2.68. The predicted molar refractivity (Wildman–Crippen MR) is 82.2 cm³/mol. The van der Waals surface area contributed by atoms with E-state index in [1.807, 2.05) is 0 Å². The molecule has 0 aromatic carbocycles. The first-order chi connectivity index (χ1) is 9.63. The van der Waals surface area contributed by atoms with E-state index in [2.05, 4.69) is 33.0 Å². The van der Waals surface area contributed by atoms with Crippen molar-refractivity contribution in [3.8, 4) is 0 Å². The van der Waals surface area contributed by atoms with Crippen LogP contribution in [0.1, 0.15) is 67.7 Å². The van der Waals surface area contributed by atoms with E-state index in [1.54, 1.807) is 0 Å². The molecule has 1 aliphatic rings. The predicted octanol–water partition coefficient (Wildman–Crippen LogP) is 4.20. The van der Waals surface area contributed by atoms with Gasteiger partial charge in [-0.1, -0.05) is 6.92 Å². The minimum absolute atomic E-state index is 0.416. The maximum absolute atomic E-state index is 5.79. The van der Waals surface area contributed by atoms with Crippen molar-refractivity contribution in [3.05, 3.63) is 22.6 Å². The van der Waals surface area contributed by atoms with Crippen LogP contribution in [0.25, 0.3) is 0 Å². The first-order valence-corrected chi connectivity index (χ1v) is 8.05. The van der Waals surface area contributed by atoms with Crippen LogP contribution in [0.15, 0.2) is 4.42 Å². The summed E-state index contributed by atoms with van der Waals surface area (Å²) < 4.78 is 11.5. The van der Waals surface area contributed by atoms with Crippen LogP contribution >= 0.6 is 0 Å². The third kappa shape index (κ3) is 3.64. The number of ether oxygens (including phenoxy) is 1. The molecule has 114 valence electrons. The maximum Gasteiger partial charge on any atom is 0.106 e. The second-order valence-corrected chi connectivity index (χ2v) is 5.93. The molecule has 2 rings (SSSR count). The van der Waals surface area contributed by atoms with E-state index in [4.69, 9.17) is 9.15 Å². The molecule has 3 heteroatoms. The van der Waals surface area contributed by atoms with Crippen LogP contribution in [0.3, 0.4) is 0 Å². The monoisotopic (exact) mass is 279 g/mol. The topological polar surface area (TPSA) is 34.4 Å². The number of furan rings is 1. The number of aryl methyl sites for hydroxylation is 2. The second-order valence-electron chi connectivity index (χ2n) is 5.93. The lowest BCUT2D eigenvalue weighted by atomic mass is 9.96. The molecule has 1 N–H and O–H groups in total. The molecule has 0 saturated carbocycles. The van der Waals surface area contributed by atoms with Gasteiger partial charge in [-0.2, -0.15) is 0 Å². The molecule has 0 radical (unpaired) electrons. The summed E-state index contributed by atoms with van der Waals surface area (Å²) in [4.78, 5) is 0. The first kappa shape index (κ1) is 15.6. The summed E-state index contributed by atoms with van der Waals surface area (Å²) in [6.45, 7) is 10.4. The standard InChI is InChI=1S/C17H29NO2/c1-5-18-16(10-6-8-15-9-7-11-19-15)17-12(2)13(3)20-14(17)4/h15-16,18H,5-11H2,1-4H3. The molecule has 1 aromatic rings. The largest absolute Gasteiger partial charge is 0.466 e. The molecular weight excluding hydrogens is 250 g/mol. The summed E-state index contributed by atoms with van der Waals surface area (Å²) in [5.74, 6) is 2.13. The zero-order valence-corrected chi connectivity index (χ0v) is 13.4. The Kier molecular flexibility index (Phi) is 5.67. The van der Waals surface area contributed by atoms with Gasteiger partial charge in [-0.05, 0) is 65.0 Å². The van der Waals surface area contributed by atoms with Crippen molar-refractivity contribution < 1.29 is 9.15 Å². The van der Waals surface area contributed by atoms with Gasteiger partial charge in [0.2, 0.25) is 0 Å². The molecule has 1 fully saturated rings. The zero-order chi connectivity index (χ0) is 14.5. The van der Waals surface area contributed by atoms with Gasteiger partial charge in [0.15, 0.2) is 0 Å². The first-order valence-electron chi connectivity index (χ1n) is 8.05. The van der Waals surface area contributed by atoms with E-state index in [-0.39, 0.29) is 0 Å². The quantitative estimate of drug-likeness (QED) is 0.812. The van der Waals surface area contributed by atoms with Gasteiger partial charge in [0.25, 0.3) is 0 Å². The molecule has 2 atom stereocenters. The highest BCUT2D eigenvalue weighted by atomic mass is 16.5. The molecule has 1 aromatic heterocycles. The highest BCUT2D eigenvalue weighted by Crippen LogP contribution is 2.30. The van der Waals surface area contributed by atoms with Crippen molar-refractivity contribution in [2.75, 3.05) is 13.2 Å². The third-order valence-corrected chi connectivity index (χ3v) is 4.46. The van der Waals surface area contributed by atoms with Gasteiger partial charge >= 0.3 is 0 Å². The Bertz CT molecular complexity index is 419. The summed E-state index contributed by atoms with van der Waals surface area (Å²) in [6.07, 6.45) is 6.55. The van der Waals surface area contributed by atoms with Crippen LogP contribution < -0.4 is 5.32 Å². The zero-order valence-electron chi connectivity index (χ0n) is 13.4. The molecule has 3 nitrogen and oxygen atoms in total. The van der Waals surface area contributed by atoms with Crippen LogP contribution in [0.5, 0.6) is 0 Å². The van der Waals surface area contributed by atoms with Crippen LogP contribution in [0.2, 0.25) is 0 Å². The minimum atomic E-state index is 0.416. The molecule has 2 unspecified atom stereocenters. The molecule has 0 bridgehead atoms. The Morgan fingerprint density at radius 1 is 1.25 bits per heavy atom. The van der Waals surface area contributed by atoms with Crippen LogP contribution in [-0.4, -0.2) is 19.3 Å². The maximum atomic E-state index is 5.79. The summed E-state index contributed by atoms with van der Waals surface area (Å²) in [7, 11) is 0. The minimum Gasteiger partial charge on any atom is -0.466 e. The van der Waals surface area contributed by atoms with Crippen molar-refractivity contribution >= 4 is 0 Å². The third-order valence-electron chi connectivity index (χ3n) is 4.46. The lowest BCUT2D eigenvalue weighted by Gasteiger charge is -2.19. The van der Waals surface area contributed by atoms with Crippen molar-refractivity contribution in [3.63, 3.8) is 0 Å². The van der Waals surface area contributed by atoms with E-state index in [0.29, 0.717) is 12.1 Å². The van der Waals surface area contributed by atoms with E-state index < -0.39 is 0 Å². The number of nitrogens with one attached hydrogen (secondary N) is 1. The normalized spacial score (nSPS) is 20.5. The Morgan fingerprint density at radius 2 is 2.05 bits per heavy atom. The van der Waals surface area contributed by atoms with Crippen LogP contribution in [0, 0.1) is 20.8 Å². The van der Waals surface area contributed by atoms with Crippen molar-refractivity contribution in [1.29, 1.82) is 0 Å². The van der Waals surface area contributed by atoms with E-state index >= 15 is 0 Å². The van der Waals surface area contributed by atoms with Gasteiger partial charge in [-0.3, -0.25) is 0 Å². The van der Waals surface area contributed by atoms with Gasteiger partial charge in [-0.15, -0.1) is 0 Å². The van der Waals surface area contributed by atoms with Gasteiger partial charge < -0.3 is 14.5 Å². The lowest BCUT2D eigenvalue weighted by Crippen LogP contribution is -2.22. The average Bonchev–Trinajstić information content (AvgIpc) is 2.99. The van der Waals surface area contributed by atoms with Crippen molar-refractivity contribution in [1.82, 2.24) is 5.32 Å². The highest BCUT2D eigenvalue weighted by molar-refractivity contribution is 5.34. The fourth-order valence-corrected chi connectivity index (χ4v) is 3.34. The summed E-state index contributed by atoms with van der Waals surface area (Å²) in [5, 5.41) is 3.62. The van der Waals surface area contributed by atoms with Gasteiger partial charge in [-0.25, -0.2) is 0 Å². The lowest BCUT2D eigenvalue weighted by molar-refractivity contribution is 0.101. The molecule has 0 aliphatic carbocycles. The van der Waals surface area contributed by atoms with E-state index in [1.165, 1.54) is 36.8 Å². The SMILES string of the molecule is CCNC(CCCC1CCCO1)c1c(C)oc(C)c1C. The molecule has 1 aliphatic heterocycles. The van der Waals surface area contributed by atoms with Crippen LogP contribution in [-0.2, 0) is 4.74 Å². The Balaban J connectivity index is 1.95. The van der Waals surface area contributed by atoms with E-state index in [9.17, 15) is 0 Å². The molecule has 0 amide bonds.